The van der Waals surface area contributed by atoms with E-state index in [0.717, 1.165) is 17.7 Å². The number of ketones is 1. The van der Waals surface area contributed by atoms with Crippen molar-refractivity contribution in [2.45, 2.75) is 25.4 Å². The molecule has 1 heterocycles. The van der Waals surface area contributed by atoms with Crippen LogP contribution < -0.4 is 5.32 Å². The molecule has 0 fully saturated rings. The Labute approximate surface area is 229 Å². The second-order valence-electron chi connectivity index (χ2n) is 8.88. The van der Waals surface area contributed by atoms with Crippen molar-refractivity contribution in [1.82, 2.24) is 25.5 Å². The SMILES string of the molecule is COCC(=O)NCCOCCOCCCC(=O)c1ccc(Cc2ccc(C(F)(F)F)cc2)c(-c2nnn(C)n2)c1. The lowest BCUT2D eigenvalue weighted by atomic mass is 9.95. The summed E-state index contributed by atoms with van der Waals surface area (Å²) < 4.78 is 54.4. The molecule has 0 radical (unpaired) electrons. The van der Waals surface area contributed by atoms with Crippen molar-refractivity contribution >= 4 is 11.7 Å². The van der Waals surface area contributed by atoms with Crippen molar-refractivity contribution in [1.29, 1.82) is 0 Å². The number of ether oxygens (including phenoxy) is 3. The predicted octanol–water partition coefficient (Wildman–Crippen LogP) is 3.25. The molecule has 0 aliphatic carbocycles. The van der Waals surface area contributed by atoms with Gasteiger partial charge in [-0.15, -0.1) is 10.2 Å². The summed E-state index contributed by atoms with van der Waals surface area (Å²) in [5, 5.41) is 14.8. The Morgan fingerprint density at radius 1 is 1.00 bits per heavy atom. The first-order valence-electron chi connectivity index (χ1n) is 12.6. The van der Waals surface area contributed by atoms with Gasteiger partial charge in [-0.2, -0.15) is 18.0 Å². The van der Waals surface area contributed by atoms with E-state index in [-0.39, 0.29) is 24.7 Å². The number of hydrogen-bond acceptors (Lipinski definition) is 8. The monoisotopic (exact) mass is 563 g/mol. The first-order chi connectivity index (χ1) is 19.2. The van der Waals surface area contributed by atoms with Gasteiger partial charge in [-0.05, 0) is 47.4 Å². The van der Waals surface area contributed by atoms with Crippen LogP contribution in [0.5, 0.6) is 0 Å². The number of nitrogens with zero attached hydrogens (tertiary/aromatic N) is 4. The average molecular weight is 564 g/mol. The van der Waals surface area contributed by atoms with Crippen LogP contribution in [0.15, 0.2) is 42.5 Å². The number of nitrogens with one attached hydrogen (secondary N) is 1. The predicted molar refractivity (Wildman–Crippen MR) is 139 cm³/mol. The summed E-state index contributed by atoms with van der Waals surface area (Å²) in [5.41, 5.74) is 1.77. The summed E-state index contributed by atoms with van der Waals surface area (Å²) in [6, 6.07) is 10.1. The maximum Gasteiger partial charge on any atom is 0.416 e. The third-order valence-electron chi connectivity index (χ3n) is 5.77. The van der Waals surface area contributed by atoms with Gasteiger partial charge < -0.3 is 19.5 Å². The molecule has 1 N–H and O–H groups in total. The van der Waals surface area contributed by atoms with Crippen LogP contribution in [0.1, 0.15) is 39.9 Å². The Morgan fingerprint density at radius 3 is 2.38 bits per heavy atom. The number of alkyl halides is 3. The van der Waals surface area contributed by atoms with Gasteiger partial charge in [0.05, 0.1) is 32.4 Å². The molecule has 0 saturated heterocycles. The Bertz CT molecular complexity index is 1250. The molecule has 3 rings (SSSR count). The molecule has 40 heavy (non-hydrogen) atoms. The van der Waals surface area contributed by atoms with E-state index < -0.39 is 11.7 Å². The molecule has 3 aromatic rings. The lowest BCUT2D eigenvalue weighted by Gasteiger charge is -2.11. The molecule has 216 valence electrons. The normalized spacial score (nSPS) is 11.5. The second-order valence-corrected chi connectivity index (χ2v) is 8.88. The molecule has 2 aromatic carbocycles. The van der Waals surface area contributed by atoms with E-state index in [2.05, 4.69) is 20.7 Å². The van der Waals surface area contributed by atoms with Crippen LogP contribution in [0.4, 0.5) is 13.2 Å². The lowest BCUT2D eigenvalue weighted by molar-refractivity contribution is -0.137. The largest absolute Gasteiger partial charge is 0.416 e. The molecule has 13 heteroatoms. The molecule has 10 nitrogen and oxygen atoms in total. The molecular formula is C27H32F3N5O5. The van der Waals surface area contributed by atoms with Crippen LogP contribution in [0, 0.1) is 0 Å². The van der Waals surface area contributed by atoms with Crippen LogP contribution in [-0.4, -0.2) is 78.6 Å². The summed E-state index contributed by atoms with van der Waals surface area (Å²) in [5.74, 6) is 0.0272. The first-order valence-corrected chi connectivity index (χ1v) is 12.6. The van der Waals surface area contributed by atoms with Crippen LogP contribution in [0.3, 0.4) is 0 Å². The zero-order valence-corrected chi connectivity index (χ0v) is 22.4. The zero-order valence-electron chi connectivity index (χ0n) is 22.4. The lowest BCUT2D eigenvalue weighted by Crippen LogP contribution is -2.30. The van der Waals surface area contributed by atoms with E-state index in [1.807, 2.05) is 0 Å². The quantitative estimate of drug-likeness (QED) is 0.209. The fourth-order valence-electron chi connectivity index (χ4n) is 3.78. The standard InChI is InChI=1S/C27H32F3N5O5/c1-35-33-26(32-34-35)23-17-21(8-7-20(23)16-19-5-9-22(10-6-19)27(28,29)30)24(36)4-3-12-39-14-15-40-13-11-31-25(37)18-38-2/h5-10,17H,3-4,11-16,18H2,1-2H3,(H,31,37). The van der Waals surface area contributed by atoms with Gasteiger partial charge in [-0.25, -0.2) is 0 Å². The average Bonchev–Trinajstić information content (AvgIpc) is 3.35. The number of rotatable bonds is 16. The van der Waals surface area contributed by atoms with Gasteiger partial charge in [0.1, 0.15) is 6.61 Å². The first kappa shape index (κ1) is 30.9. The topological polar surface area (TPSA) is 117 Å². The molecule has 1 aromatic heterocycles. The van der Waals surface area contributed by atoms with Gasteiger partial charge in [-0.1, -0.05) is 24.3 Å². The highest BCUT2D eigenvalue weighted by molar-refractivity contribution is 5.97. The van der Waals surface area contributed by atoms with E-state index in [1.54, 1.807) is 25.2 Å². The highest BCUT2D eigenvalue weighted by Gasteiger charge is 2.30. The summed E-state index contributed by atoms with van der Waals surface area (Å²) in [7, 11) is 3.06. The van der Waals surface area contributed by atoms with Crippen molar-refractivity contribution < 1.29 is 37.0 Å². The van der Waals surface area contributed by atoms with Crippen LogP contribution in [0.2, 0.25) is 0 Å². The van der Waals surface area contributed by atoms with Crippen LogP contribution in [-0.2, 0) is 38.6 Å². The minimum Gasteiger partial charge on any atom is -0.379 e. The number of aromatic nitrogens is 4. The third kappa shape index (κ3) is 9.81. The van der Waals surface area contributed by atoms with Gasteiger partial charge >= 0.3 is 6.18 Å². The molecule has 1 amide bonds. The number of Topliss-reactive ketones (excluding diaryl/α,β-unsaturated/α-hetero) is 1. The third-order valence-corrected chi connectivity index (χ3v) is 5.77. The van der Waals surface area contributed by atoms with Gasteiger partial charge in [0, 0.05) is 37.8 Å². The minimum atomic E-state index is -4.40. The van der Waals surface area contributed by atoms with Gasteiger partial charge in [-0.3, -0.25) is 9.59 Å². The fraction of sp³-hybridized carbons (Fsp3) is 0.444. The van der Waals surface area contributed by atoms with Gasteiger partial charge in [0.25, 0.3) is 0 Å². The summed E-state index contributed by atoms with van der Waals surface area (Å²) in [6.45, 7) is 1.85. The molecule has 0 bridgehead atoms. The Morgan fingerprint density at radius 2 is 1.73 bits per heavy atom. The van der Waals surface area contributed by atoms with Crippen molar-refractivity contribution in [3.8, 4) is 11.4 Å². The van der Waals surface area contributed by atoms with Crippen molar-refractivity contribution in [2.24, 2.45) is 7.05 Å². The van der Waals surface area contributed by atoms with E-state index in [1.165, 1.54) is 24.0 Å². The van der Waals surface area contributed by atoms with E-state index in [9.17, 15) is 22.8 Å². The van der Waals surface area contributed by atoms with Crippen LogP contribution >= 0.6 is 0 Å². The zero-order chi connectivity index (χ0) is 29.0. The maximum atomic E-state index is 12.9. The fourth-order valence-corrected chi connectivity index (χ4v) is 3.78. The van der Waals surface area contributed by atoms with Gasteiger partial charge in [0.2, 0.25) is 11.7 Å². The number of aryl methyl sites for hydroxylation is 1. The summed E-state index contributed by atoms with van der Waals surface area (Å²) in [4.78, 5) is 25.4. The number of carbonyl (C=O) groups excluding carboxylic acids is 2. The van der Waals surface area contributed by atoms with E-state index in [4.69, 9.17) is 14.2 Å². The summed E-state index contributed by atoms with van der Waals surface area (Å²) >= 11 is 0. The highest BCUT2D eigenvalue weighted by atomic mass is 19.4. The van der Waals surface area contributed by atoms with Crippen molar-refractivity contribution in [3.05, 3.63) is 64.7 Å². The number of benzene rings is 2. The molecule has 0 unspecified atom stereocenters. The second kappa shape index (κ2) is 15.2. The number of halogens is 3. The van der Waals surface area contributed by atoms with E-state index in [0.29, 0.717) is 68.3 Å². The van der Waals surface area contributed by atoms with Crippen molar-refractivity contribution in [2.75, 3.05) is 46.7 Å². The van der Waals surface area contributed by atoms with Gasteiger partial charge in [0.15, 0.2) is 5.78 Å². The molecule has 0 atom stereocenters. The highest BCUT2D eigenvalue weighted by Crippen LogP contribution is 2.30. The molecule has 0 spiro atoms. The van der Waals surface area contributed by atoms with E-state index >= 15 is 0 Å². The number of tetrazole rings is 1. The smallest absolute Gasteiger partial charge is 0.379 e. The Hall–Kier alpha value is -3.68. The Kier molecular flexibility index (Phi) is 11.7. The van der Waals surface area contributed by atoms with Crippen LogP contribution in [0.25, 0.3) is 11.4 Å². The molecular weight excluding hydrogens is 531 g/mol. The number of methoxy groups -OCH3 is 1. The summed E-state index contributed by atoms with van der Waals surface area (Å²) in [6.07, 6.45) is -3.30. The molecule has 0 aliphatic rings. The number of amides is 1. The number of carbonyl (C=O) groups is 2. The minimum absolute atomic E-state index is 0.00720. The Balaban J connectivity index is 1.51. The molecule has 0 aliphatic heterocycles. The maximum absolute atomic E-state index is 12.9. The van der Waals surface area contributed by atoms with Crippen molar-refractivity contribution in [3.63, 3.8) is 0 Å². The number of hydrogen-bond donors (Lipinski definition) is 1. The molecule has 0 saturated carbocycles.